The topological polar surface area (TPSA) is 87.3 Å². The molecule has 0 amide bonds. The number of anilines is 2. The summed E-state index contributed by atoms with van der Waals surface area (Å²) in [6.45, 7) is 4.07. The minimum absolute atomic E-state index is 0.261. The molecule has 0 aromatic carbocycles. The first-order valence-corrected chi connectivity index (χ1v) is 6.41. The van der Waals surface area contributed by atoms with Gasteiger partial charge in [0.1, 0.15) is 17.5 Å². The maximum Gasteiger partial charge on any atom is 0.145 e. The van der Waals surface area contributed by atoms with E-state index in [1.165, 1.54) is 6.42 Å². The second-order valence-electron chi connectivity index (χ2n) is 4.77. The summed E-state index contributed by atoms with van der Waals surface area (Å²) < 4.78 is 0. The van der Waals surface area contributed by atoms with Crippen molar-refractivity contribution in [1.82, 2.24) is 9.97 Å². The molecule has 1 fully saturated rings. The van der Waals surface area contributed by atoms with Gasteiger partial charge in [-0.05, 0) is 32.1 Å². The summed E-state index contributed by atoms with van der Waals surface area (Å²) >= 11 is 0. The van der Waals surface area contributed by atoms with E-state index in [2.05, 4.69) is 20.3 Å². The molecule has 2 heterocycles. The Labute approximate surface area is 107 Å². The van der Waals surface area contributed by atoms with Gasteiger partial charge < -0.3 is 15.4 Å². The Balaban J connectivity index is 2.12. The zero-order chi connectivity index (χ0) is 13.0. The molecule has 0 aliphatic carbocycles. The third kappa shape index (κ3) is 3.08. The molecule has 4 N–H and O–H groups in total. The van der Waals surface area contributed by atoms with Gasteiger partial charge in [0, 0.05) is 25.8 Å². The molecule has 1 aliphatic rings. The Bertz CT molecular complexity index is 396. The van der Waals surface area contributed by atoms with Crippen molar-refractivity contribution in [1.29, 1.82) is 0 Å². The molecule has 1 aliphatic heterocycles. The van der Waals surface area contributed by atoms with Gasteiger partial charge in [0.05, 0.1) is 0 Å². The van der Waals surface area contributed by atoms with Gasteiger partial charge in [-0.2, -0.15) is 0 Å². The van der Waals surface area contributed by atoms with Gasteiger partial charge in [0.15, 0.2) is 0 Å². The summed E-state index contributed by atoms with van der Waals surface area (Å²) in [6.07, 6.45) is 3.19. The second kappa shape index (κ2) is 5.97. The smallest absolute Gasteiger partial charge is 0.145 e. The Morgan fingerprint density at radius 1 is 1.56 bits per heavy atom. The normalized spacial score (nSPS) is 19.9. The van der Waals surface area contributed by atoms with E-state index in [4.69, 9.17) is 10.9 Å². The number of piperidine rings is 1. The van der Waals surface area contributed by atoms with Crippen LogP contribution in [0, 0.1) is 12.8 Å². The van der Waals surface area contributed by atoms with Crippen molar-refractivity contribution in [2.75, 3.05) is 30.0 Å². The van der Waals surface area contributed by atoms with E-state index in [0.29, 0.717) is 17.6 Å². The van der Waals surface area contributed by atoms with E-state index < -0.39 is 0 Å². The predicted octanol–water partition coefficient (Wildman–Crippen LogP) is 0.669. The molecule has 2 rings (SSSR count). The highest BCUT2D eigenvalue weighted by Crippen LogP contribution is 2.24. The molecular weight excluding hydrogens is 230 g/mol. The van der Waals surface area contributed by atoms with Crippen molar-refractivity contribution in [3.05, 3.63) is 11.9 Å². The number of nitrogens with zero attached hydrogens (tertiary/aromatic N) is 3. The van der Waals surface area contributed by atoms with Crippen molar-refractivity contribution in [2.24, 2.45) is 11.8 Å². The lowest BCUT2D eigenvalue weighted by atomic mass is 9.95. The van der Waals surface area contributed by atoms with E-state index >= 15 is 0 Å². The highest BCUT2D eigenvalue weighted by Gasteiger charge is 2.21. The van der Waals surface area contributed by atoms with E-state index in [-0.39, 0.29) is 6.61 Å². The molecule has 1 aromatic heterocycles. The average molecular weight is 251 g/mol. The molecule has 1 atom stereocenters. The minimum Gasteiger partial charge on any atom is -0.396 e. The van der Waals surface area contributed by atoms with Gasteiger partial charge in [0.2, 0.25) is 0 Å². The van der Waals surface area contributed by atoms with Gasteiger partial charge in [-0.1, -0.05) is 0 Å². The Hall–Kier alpha value is -1.40. The van der Waals surface area contributed by atoms with Crippen LogP contribution in [-0.2, 0) is 0 Å². The third-order valence-corrected chi connectivity index (χ3v) is 3.35. The van der Waals surface area contributed by atoms with Crippen LogP contribution in [0.15, 0.2) is 6.07 Å². The summed E-state index contributed by atoms with van der Waals surface area (Å²) in [6, 6.07) is 1.87. The number of nitrogen functional groups attached to an aromatic ring is 1. The van der Waals surface area contributed by atoms with Gasteiger partial charge in [-0.15, -0.1) is 0 Å². The summed E-state index contributed by atoms with van der Waals surface area (Å²) in [5.41, 5.74) is 2.57. The van der Waals surface area contributed by atoms with Gasteiger partial charge in [-0.25, -0.2) is 15.8 Å². The maximum absolute atomic E-state index is 9.03. The summed E-state index contributed by atoms with van der Waals surface area (Å²) in [5, 5.41) is 9.03. The highest BCUT2D eigenvalue weighted by atomic mass is 16.3. The quantitative estimate of drug-likeness (QED) is 0.538. The van der Waals surface area contributed by atoms with Crippen LogP contribution in [0.3, 0.4) is 0 Å². The number of aliphatic hydroxyl groups is 1. The van der Waals surface area contributed by atoms with Crippen LogP contribution in [0.5, 0.6) is 0 Å². The molecule has 6 nitrogen and oxygen atoms in total. The first kappa shape index (κ1) is 13.0. The molecule has 0 spiro atoms. The molecule has 0 bridgehead atoms. The lowest BCUT2D eigenvalue weighted by Crippen LogP contribution is -2.36. The molecule has 100 valence electrons. The van der Waals surface area contributed by atoms with Crippen LogP contribution < -0.4 is 16.2 Å². The first-order valence-electron chi connectivity index (χ1n) is 6.41. The van der Waals surface area contributed by atoms with E-state index in [0.717, 1.165) is 31.7 Å². The van der Waals surface area contributed by atoms with Gasteiger partial charge in [-0.3, -0.25) is 0 Å². The fourth-order valence-corrected chi connectivity index (χ4v) is 2.48. The number of hydrogen-bond donors (Lipinski definition) is 3. The van der Waals surface area contributed by atoms with E-state index in [9.17, 15) is 0 Å². The fourth-order valence-electron chi connectivity index (χ4n) is 2.48. The van der Waals surface area contributed by atoms with Crippen molar-refractivity contribution < 1.29 is 5.11 Å². The number of hydrogen-bond acceptors (Lipinski definition) is 6. The summed E-state index contributed by atoms with van der Waals surface area (Å²) in [5.74, 6) is 8.22. The number of nitrogens with two attached hydrogens (primary N) is 1. The monoisotopic (exact) mass is 251 g/mol. The van der Waals surface area contributed by atoms with Crippen molar-refractivity contribution in [3.8, 4) is 0 Å². The van der Waals surface area contributed by atoms with Crippen LogP contribution in [-0.4, -0.2) is 34.8 Å². The molecule has 0 saturated carbocycles. The van der Waals surface area contributed by atoms with Crippen LogP contribution in [0.25, 0.3) is 0 Å². The molecule has 0 radical (unpaired) electrons. The van der Waals surface area contributed by atoms with Crippen LogP contribution >= 0.6 is 0 Å². The highest BCUT2D eigenvalue weighted by molar-refractivity contribution is 5.49. The predicted molar refractivity (Wildman–Crippen MR) is 71.2 cm³/mol. The van der Waals surface area contributed by atoms with Crippen molar-refractivity contribution >= 4 is 11.6 Å². The Kier molecular flexibility index (Phi) is 4.33. The lowest BCUT2D eigenvalue weighted by Gasteiger charge is -2.33. The van der Waals surface area contributed by atoms with Crippen LogP contribution in [0.2, 0.25) is 0 Å². The third-order valence-electron chi connectivity index (χ3n) is 3.35. The lowest BCUT2D eigenvalue weighted by molar-refractivity contribution is 0.244. The zero-order valence-corrected chi connectivity index (χ0v) is 10.8. The molecule has 1 aromatic rings. The van der Waals surface area contributed by atoms with Crippen LogP contribution in [0.4, 0.5) is 11.6 Å². The van der Waals surface area contributed by atoms with E-state index in [1.807, 2.05) is 13.0 Å². The average Bonchev–Trinajstić information content (AvgIpc) is 2.39. The molecule has 1 unspecified atom stereocenters. The van der Waals surface area contributed by atoms with Crippen molar-refractivity contribution in [3.63, 3.8) is 0 Å². The van der Waals surface area contributed by atoms with E-state index in [1.54, 1.807) is 0 Å². The number of aliphatic hydroxyl groups excluding tert-OH is 1. The first-order chi connectivity index (χ1) is 8.72. The van der Waals surface area contributed by atoms with Gasteiger partial charge in [0.25, 0.3) is 0 Å². The maximum atomic E-state index is 9.03. The number of aromatic nitrogens is 2. The number of aryl methyl sites for hydroxylation is 1. The van der Waals surface area contributed by atoms with Crippen LogP contribution in [0.1, 0.15) is 25.1 Å². The number of nitrogens with one attached hydrogen (secondary N) is 1. The molecule has 18 heavy (non-hydrogen) atoms. The Morgan fingerprint density at radius 2 is 2.39 bits per heavy atom. The number of rotatable bonds is 4. The SMILES string of the molecule is Cc1nc(NN)cc(N2CCCC(CCO)C2)n1. The zero-order valence-electron chi connectivity index (χ0n) is 10.8. The summed E-state index contributed by atoms with van der Waals surface area (Å²) in [7, 11) is 0. The fraction of sp³-hybridized carbons (Fsp3) is 0.667. The van der Waals surface area contributed by atoms with Gasteiger partial charge >= 0.3 is 0 Å². The second-order valence-corrected chi connectivity index (χ2v) is 4.77. The molecule has 6 heteroatoms. The standard InChI is InChI=1S/C12H21N5O/c1-9-14-11(16-13)7-12(15-9)17-5-2-3-10(8-17)4-6-18/h7,10,18H,2-6,8,13H2,1H3,(H,14,15,16). The summed E-state index contributed by atoms with van der Waals surface area (Å²) in [4.78, 5) is 10.9. The molecular formula is C12H21N5O. The van der Waals surface area contributed by atoms with Crippen molar-refractivity contribution in [2.45, 2.75) is 26.2 Å². The molecule has 1 saturated heterocycles. The Morgan fingerprint density at radius 3 is 3.11 bits per heavy atom. The minimum atomic E-state index is 0.261. The number of hydrazine groups is 1. The largest absolute Gasteiger partial charge is 0.396 e.